The predicted molar refractivity (Wildman–Crippen MR) is 105 cm³/mol. The van der Waals surface area contributed by atoms with E-state index in [1.165, 1.54) is 12.1 Å². The van der Waals surface area contributed by atoms with Gasteiger partial charge in [-0.25, -0.2) is 12.8 Å². The molecule has 1 fully saturated rings. The second-order valence-electron chi connectivity index (χ2n) is 6.73. The van der Waals surface area contributed by atoms with E-state index in [1.54, 1.807) is 12.1 Å². The molecular formula is C20H25ClFNO2S. The molecule has 0 saturated carbocycles. The van der Waals surface area contributed by atoms with Gasteiger partial charge in [0.05, 0.1) is 10.1 Å². The maximum Gasteiger partial charge on any atom is 0.181 e. The van der Waals surface area contributed by atoms with Crippen molar-refractivity contribution in [1.82, 2.24) is 4.90 Å². The van der Waals surface area contributed by atoms with Crippen molar-refractivity contribution in [3.63, 3.8) is 0 Å². The molecule has 1 heterocycles. The molecule has 1 saturated heterocycles. The summed E-state index contributed by atoms with van der Waals surface area (Å²) in [4.78, 5) is 2.77. The Morgan fingerprint density at radius 2 is 1.65 bits per heavy atom. The van der Waals surface area contributed by atoms with E-state index in [9.17, 15) is 12.8 Å². The van der Waals surface area contributed by atoms with Crippen LogP contribution in [0.2, 0.25) is 0 Å². The van der Waals surface area contributed by atoms with Crippen LogP contribution in [0.4, 0.5) is 4.39 Å². The molecule has 1 aliphatic rings. The maximum absolute atomic E-state index is 12.9. The van der Waals surface area contributed by atoms with Crippen molar-refractivity contribution in [3.05, 3.63) is 65.5 Å². The summed E-state index contributed by atoms with van der Waals surface area (Å²) in [5.41, 5.74) is 1.93. The Kier molecular flexibility index (Phi) is 7.21. The summed E-state index contributed by atoms with van der Waals surface area (Å²) in [6.07, 6.45) is 2.19. The van der Waals surface area contributed by atoms with Gasteiger partial charge in [0.2, 0.25) is 0 Å². The SMILES string of the molecule is Cc1ccccc1S(=O)(=O)C1CCN(CCc2ccc(F)cc2)CC1.Cl. The fourth-order valence-electron chi connectivity index (χ4n) is 3.44. The summed E-state index contributed by atoms with van der Waals surface area (Å²) in [5, 5.41) is -0.296. The number of likely N-dealkylation sites (tertiary alicyclic amines) is 1. The Labute approximate surface area is 161 Å². The minimum absolute atomic E-state index is 0. The van der Waals surface area contributed by atoms with Gasteiger partial charge in [0.25, 0.3) is 0 Å². The van der Waals surface area contributed by atoms with E-state index in [-0.39, 0.29) is 23.5 Å². The van der Waals surface area contributed by atoms with Crippen LogP contribution in [0.1, 0.15) is 24.0 Å². The summed E-state index contributed by atoms with van der Waals surface area (Å²) in [7, 11) is -3.26. The molecule has 2 aromatic rings. The fourth-order valence-corrected chi connectivity index (χ4v) is 5.41. The van der Waals surface area contributed by atoms with E-state index in [4.69, 9.17) is 0 Å². The van der Waals surface area contributed by atoms with Crippen LogP contribution in [0.5, 0.6) is 0 Å². The zero-order valence-corrected chi connectivity index (χ0v) is 16.5. The number of hydrogen-bond acceptors (Lipinski definition) is 3. The van der Waals surface area contributed by atoms with Gasteiger partial charge in [0.1, 0.15) is 5.82 Å². The number of hydrogen-bond donors (Lipinski definition) is 0. The first kappa shape index (κ1) is 20.9. The molecule has 0 aromatic heterocycles. The molecule has 26 heavy (non-hydrogen) atoms. The Hall–Kier alpha value is -1.43. The fraction of sp³-hybridized carbons (Fsp3) is 0.400. The second kappa shape index (κ2) is 8.98. The standard InChI is InChI=1S/C20H24FNO2S.ClH/c1-16-4-2-3-5-20(16)25(23,24)19-11-14-22(15-12-19)13-10-17-6-8-18(21)9-7-17;/h2-9,19H,10-15H2,1H3;1H. The van der Waals surface area contributed by atoms with Crippen molar-refractivity contribution < 1.29 is 12.8 Å². The molecule has 0 aliphatic carbocycles. The Balaban J connectivity index is 0.00000243. The van der Waals surface area contributed by atoms with Crippen molar-refractivity contribution in [3.8, 4) is 0 Å². The van der Waals surface area contributed by atoms with Gasteiger partial charge in [0.15, 0.2) is 9.84 Å². The predicted octanol–water partition coefficient (Wildman–Crippen LogP) is 4.04. The minimum atomic E-state index is -3.26. The molecule has 3 rings (SSSR count). The number of halogens is 2. The van der Waals surface area contributed by atoms with Gasteiger partial charge in [-0.1, -0.05) is 30.3 Å². The normalized spacial score (nSPS) is 16.2. The molecule has 1 aliphatic heterocycles. The lowest BCUT2D eigenvalue weighted by Crippen LogP contribution is -2.40. The third-order valence-corrected chi connectivity index (χ3v) is 7.42. The molecular weight excluding hydrogens is 373 g/mol. The molecule has 0 atom stereocenters. The highest BCUT2D eigenvalue weighted by Gasteiger charge is 2.31. The van der Waals surface area contributed by atoms with Crippen LogP contribution in [0.25, 0.3) is 0 Å². The van der Waals surface area contributed by atoms with E-state index < -0.39 is 9.84 Å². The van der Waals surface area contributed by atoms with Crippen LogP contribution in [0.3, 0.4) is 0 Å². The topological polar surface area (TPSA) is 37.4 Å². The van der Waals surface area contributed by atoms with E-state index in [1.807, 2.05) is 31.2 Å². The van der Waals surface area contributed by atoms with Gasteiger partial charge in [-0.15, -0.1) is 12.4 Å². The van der Waals surface area contributed by atoms with E-state index >= 15 is 0 Å². The van der Waals surface area contributed by atoms with Crippen LogP contribution in [0.15, 0.2) is 53.4 Å². The zero-order valence-electron chi connectivity index (χ0n) is 14.9. The Bertz CT molecular complexity index is 816. The van der Waals surface area contributed by atoms with Crippen molar-refractivity contribution in [1.29, 1.82) is 0 Å². The highest BCUT2D eigenvalue weighted by molar-refractivity contribution is 7.92. The molecule has 0 unspecified atom stereocenters. The van der Waals surface area contributed by atoms with Crippen LogP contribution in [-0.2, 0) is 16.3 Å². The number of rotatable bonds is 5. The average molecular weight is 398 g/mol. The second-order valence-corrected chi connectivity index (χ2v) is 8.92. The number of piperidine rings is 1. The molecule has 0 amide bonds. The first-order chi connectivity index (χ1) is 12.0. The average Bonchev–Trinajstić information content (AvgIpc) is 2.62. The quantitative estimate of drug-likeness (QED) is 0.764. The molecule has 142 valence electrons. The number of benzene rings is 2. The Morgan fingerprint density at radius 1 is 1.04 bits per heavy atom. The van der Waals surface area contributed by atoms with Crippen LogP contribution in [0, 0.1) is 12.7 Å². The molecule has 2 aromatic carbocycles. The molecule has 6 heteroatoms. The Morgan fingerprint density at radius 3 is 2.27 bits per heavy atom. The lowest BCUT2D eigenvalue weighted by Gasteiger charge is -2.32. The monoisotopic (exact) mass is 397 g/mol. The third kappa shape index (κ3) is 4.84. The smallest absolute Gasteiger partial charge is 0.181 e. The first-order valence-corrected chi connectivity index (χ1v) is 10.3. The van der Waals surface area contributed by atoms with Crippen molar-refractivity contribution in [2.75, 3.05) is 19.6 Å². The summed E-state index contributed by atoms with van der Waals surface area (Å²) in [6, 6.07) is 13.8. The largest absolute Gasteiger partial charge is 0.303 e. The molecule has 0 N–H and O–H groups in total. The maximum atomic E-state index is 12.9. The number of sulfone groups is 1. The summed E-state index contributed by atoms with van der Waals surface area (Å²) in [6.45, 7) is 4.31. The van der Waals surface area contributed by atoms with Crippen LogP contribution in [-0.4, -0.2) is 38.2 Å². The van der Waals surface area contributed by atoms with E-state index in [0.717, 1.165) is 37.2 Å². The summed E-state index contributed by atoms with van der Waals surface area (Å²) >= 11 is 0. The van der Waals surface area contributed by atoms with Gasteiger partial charge in [-0.3, -0.25) is 0 Å². The lowest BCUT2D eigenvalue weighted by atomic mass is 10.1. The van der Waals surface area contributed by atoms with Crippen LogP contribution < -0.4 is 0 Å². The minimum Gasteiger partial charge on any atom is -0.303 e. The van der Waals surface area contributed by atoms with Crippen molar-refractivity contribution in [2.24, 2.45) is 0 Å². The summed E-state index contributed by atoms with van der Waals surface area (Å²) < 4.78 is 38.7. The van der Waals surface area contributed by atoms with Gasteiger partial charge in [0, 0.05) is 6.54 Å². The molecule has 0 bridgehead atoms. The first-order valence-electron chi connectivity index (χ1n) is 8.73. The zero-order chi connectivity index (χ0) is 17.9. The van der Waals surface area contributed by atoms with E-state index in [0.29, 0.717) is 17.7 Å². The van der Waals surface area contributed by atoms with Crippen molar-refractivity contribution >= 4 is 22.2 Å². The van der Waals surface area contributed by atoms with Gasteiger partial charge < -0.3 is 4.90 Å². The highest BCUT2D eigenvalue weighted by Crippen LogP contribution is 2.26. The molecule has 0 radical (unpaired) electrons. The molecule has 0 spiro atoms. The number of nitrogens with zero attached hydrogens (tertiary/aromatic N) is 1. The number of aryl methyl sites for hydroxylation is 1. The van der Waals surface area contributed by atoms with Gasteiger partial charge in [-0.2, -0.15) is 0 Å². The molecule has 3 nitrogen and oxygen atoms in total. The summed E-state index contributed by atoms with van der Waals surface area (Å²) in [5.74, 6) is -0.217. The van der Waals surface area contributed by atoms with E-state index in [2.05, 4.69) is 4.90 Å². The van der Waals surface area contributed by atoms with Gasteiger partial charge >= 0.3 is 0 Å². The highest BCUT2D eigenvalue weighted by atomic mass is 35.5. The lowest BCUT2D eigenvalue weighted by molar-refractivity contribution is 0.232. The van der Waals surface area contributed by atoms with Crippen molar-refractivity contribution in [2.45, 2.75) is 36.3 Å². The van der Waals surface area contributed by atoms with Crippen LogP contribution >= 0.6 is 12.4 Å². The third-order valence-electron chi connectivity index (χ3n) is 5.00. The van der Waals surface area contributed by atoms with Gasteiger partial charge in [-0.05, 0) is 68.6 Å².